The van der Waals surface area contributed by atoms with Crippen LogP contribution in [0.1, 0.15) is 6.92 Å². The third-order valence-corrected chi connectivity index (χ3v) is 5.90. The maximum atomic E-state index is 14.3. The summed E-state index contributed by atoms with van der Waals surface area (Å²) in [5.74, 6) is 0.315. The van der Waals surface area contributed by atoms with Crippen molar-refractivity contribution in [1.29, 1.82) is 0 Å². The first kappa shape index (κ1) is 24.0. The predicted molar refractivity (Wildman–Crippen MR) is 131 cm³/mol. The average Bonchev–Trinajstić information content (AvgIpc) is 2.82. The van der Waals surface area contributed by atoms with Gasteiger partial charge >= 0.3 is 0 Å². The molecule has 0 aliphatic rings. The van der Waals surface area contributed by atoms with Crippen molar-refractivity contribution in [2.24, 2.45) is 5.14 Å². The molecule has 2 aromatic carbocycles. The zero-order valence-electron chi connectivity index (χ0n) is 18.6. The largest absolute Gasteiger partial charge is 0.368 e. The Labute approximate surface area is 200 Å². The topological polar surface area (TPSA) is 152 Å². The first-order valence-corrected chi connectivity index (χ1v) is 12.0. The van der Waals surface area contributed by atoms with Crippen LogP contribution in [0.2, 0.25) is 0 Å². The van der Waals surface area contributed by atoms with Gasteiger partial charge in [-0.2, -0.15) is 0 Å². The minimum absolute atomic E-state index is 0.0132. The molecule has 0 aliphatic heterocycles. The quantitative estimate of drug-likeness (QED) is 0.272. The first-order chi connectivity index (χ1) is 16.7. The molecule has 0 saturated carbocycles. The van der Waals surface area contributed by atoms with Gasteiger partial charge in [-0.05, 0) is 48.5 Å². The minimum Gasteiger partial charge on any atom is -0.368 e. The molecule has 12 heteroatoms. The molecule has 1 amide bonds. The molecule has 5 N–H and O–H groups in total. The van der Waals surface area contributed by atoms with Crippen molar-refractivity contribution in [3.8, 4) is 11.1 Å². The summed E-state index contributed by atoms with van der Waals surface area (Å²) in [6, 6.07) is 12.1. The standard InChI is InChI=1S/C23H22FN7O3S/c1-14(32)26-8-9-27-21-7-2-15(12-28-21)20-11-17(24)10-16-13-29-23(31-22(16)20)30-18-3-5-19(6-4-18)35(25,33)34/h2-7,10-13H,8-9H2,1H3,(H,26,32)(H,27,28)(H2,25,33,34)(H,29,30,31). The number of pyridine rings is 1. The van der Waals surface area contributed by atoms with Crippen LogP contribution in [0.3, 0.4) is 0 Å². The van der Waals surface area contributed by atoms with E-state index in [0.717, 1.165) is 0 Å². The number of nitrogens with one attached hydrogen (secondary N) is 3. The SMILES string of the molecule is CC(=O)NCCNc1ccc(-c2cc(F)cc3cnc(Nc4ccc(S(N)(=O)=O)cc4)nc23)cn1. The highest BCUT2D eigenvalue weighted by Gasteiger charge is 2.12. The van der Waals surface area contributed by atoms with Crippen LogP contribution < -0.4 is 21.1 Å². The summed E-state index contributed by atoms with van der Waals surface area (Å²) in [6.45, 7) is 2.42. The number of sulfonamides is 1. The highest BCUT2D eigenvalue weighted by molar-refractivity contribution is 7.89. The predicted octanol–water partition coefficient (Wildman–Crippen LogP) is 2.77. The first-order valence-electron chi connectivity index (χ1n) is 10.5. The van der Waals surface area contributed by atoms with Crippen LogP contribution in [-0.4, -0.2) is 42.4 Å². The Morgan fingerprint density at radius 1 is 1.03 bits per heavy atom. The molecule has 0 radical (unpaired) electrons. The second kappa shape index (κ2) is 9.99. The molecule has 180 valence electrons. The number of anilines is 3. The normalized spacial score (nSPS) is 11.3. The van der Waals surface area contributed by atoms with Gasteiger partial charge in [-0.3, -0.25) is 4.79 Å². The van der Waals surface area contributed by atoms with Crippen LogP contribution in [0.25, 0.3) is 22.0 Å². The van der Waals surface area contributed by atoms with Crippen LogP contribution in [0.5, 0.6) is 0 Å². The van der Waals surface area contributed by atoms with Crippen molar-refractivity contribution in [2.75, 3.05) is 23.7 Å². The van der Waals surface area contributed by atoms with Crippen LogP contribution >= 0.6 is 0 Å². The Morgan fingerprint density at radius 2 is 1.80 bits per heavy atom. The summed E-state index contributed by atoms with van der Waals surface area (Å²) in [4.78, 5) is 24.1. The van der Waals surface area contributed by atoms with Gasteiger partial charge in [0.2, 0.25) is 21.9 Å². The van der Waals surface area contributed by atoms with Gasteiger partial charge in [0, 0.05) is 54.6 Å². The molecule has 0 spiro atoms. The fourth-order valence-corrected chi connectivity index (χ4v) is 3.85. The zero-order valence-corrected chi connectivity index (χ0v) is 19.4. The second-order valence-corrected chi connectivity index (χ2v) is 9.18. The number of hydrogen-bond donors (Lipinski definition) is 4. The molecule has 4 rings (SSSR count). The molecule has 0 bridgehead atoms. The van der Waals surface area contributed by atoms with Crippen molar-refractivity contribution in [2.45, 2.75) is 11.8 Å². The van der Waals surface area contributed by atoms with E-state index in [4.69, 9.17) is 5.14 Å². The van der Waals surface area contributed by atoms with Crippen molar-refractivity contribution in [3.63, 3.8) is 0 Å². The molecule has 0 atom stereocenters. The van der Waals surface area contributed by atoms with E-state index in [1.54, 1.807) is 30.5 Å². The van der Waals surface area contributed by atoms with E-state index in [9.17, 15) is 17.6 Å². The Bertz CT molecular complexity index is 1480. The number of rotatable bonds is 8. The summed E-state index contributed by atoms with van der Waals surface area (Å²) in [7, 11) is -3.80. The van der Waals surface area contributed by atoms with E-state index < -0.39 is 15.8 Å². The molecule has 35 heavy (non-hydrogen) atoms. The number of carbonyl (C=O) groups excluding carboxylic acids is 1. The number of carbonyl (C=O) groups is 1. The number of halogens is 1. The minimum atomic E-state index is -3.80. The Morgan fingerprint density at radius 3 is 2.46 bits per heavy atom. The molecule has 0 fully saturated rings. The molecule has 0 aliphatic carbocycles. The van der Waals surface area contributed by atoms with E-state index in [1.165, 1.54) is 37.4 Å². The number of fused-ring (bicyclic) bond motifs is 1. The maximum absolute atomic E-state index is 14.3. The Kier molecular flexibility index (Phi) is 6.85. The lowest BCUT2D eigenvalue weighted by Crippen LogP contribution is -2.26. The van der Waals surface area contributed by atoms with Crippen molar-refractivity contribution in [3.05, 3.63) is 66.7 Å². The summed E-state index contributed by atoms with van der Waals surface area (Å²) >= 11 is 0. The number of hydrogen-bond acceptors (Lipinski definition) is 8. The molecule has 0 unspecified atom stereocenters. The van der Waals surface area contributed by atoms with Crippen molar-refractivity contribution in [1.82, 2.24) is 20.3 Å². The van der Waals surface area contributed by atoms with Crippen LogP contribution in [0.4, 0.5) is 21.8 Å². The number of primary sulfonamides is 1. The summed E-state index contributed by atoms with van der Waals surface area (Å²) < 4.78 is 37.2. The number of benzene rings is 2. The molecule has 10 nitrogen and oxygen atoms in total. The monoisotopic (exact) mass is 495 g/mol. The smallest absolute Gasteiger partial charge is 0.238 e. The van der Waals surface area contributed by atoms with Gasteiger partial charge in [0.1, 0.15) is 11.6 Å². The maximum Gasteiger partial charge on any atom is 0.238 e. The van der Waals surface area contributed by atoms with E-state index in [1.807, 2.05) is 0 Å². The lowest BCUT2D eigenvalue weighted by atomic mass is 10.0. The lowest BCUT2D eigenvalue weighted by molar-refractivity contribution is -0.118. The van der Waals surface area contributed by atoms with E-state index in [0.29, 0.717) is 46.6 Å². The third-order valence-electron chi connectivity index (χ3n) is 4.97. The average molecular weight is 496 g/mol. The van der Waals surface area contributed by atoms with E-state index in [2.05, 4.69) is 30.9 Å². The molecular formula is C23H22FN7O3S. The summed E-state index contributed by atoms with van der Waals surface area (Å²) in [5, 5.41) is 14.4. The van der Waals surface area contributed by atoms with Gasteiger partial charge in [0.05, 0.1) is 10.4 Å². The van der Waals surface area contributed by atoms with Crippen LogP contribution in [0.15, 0.2) is 65.8 Å². The fourth-order valence-electron chi connectivity index (χ4n) is 3.33. The highest BCUT2D eigenvalue weighted by atomic mass is 32.2. The second-order valence-electron chi connectivity index (χ2n) is 7.62. The van der Waals surface area contributed by atoms with Crippen molar-refractivity contribution >= 4 is 44.3 Å². The lowest BCUT2D eigenvalue weighted by Gasteiger charge is -2.11. The zero-order chi connectivity index (χ0) is 25.0. The van der Waals surface area contributed by atoms with Gasteiger partial charge in [-0.1, -0.05) is 0 Å². The van der Waals surface area contributed by atoms with Gasteiger partial charge < -0.3 is 16.0 Å². The molecule has 0 saturated heterocycles. The molecule has 2 aromatic heterocycles. The highest BCUT2D eigenvalue weighted by Crippen LogP contribution is 2.29. The third kappa shape index (κ3) is 6.05. The Balaban J connectivity index is 1.58. The van der Waals surface area contributed by atoms with Gasteiger partial charge in [-0.25, -0.2) is 32.9 Å². The van der Waals surface area contributed by atoms with Crippen LogP contribution in [-0.2, 0) is 14.8 Å². The number of nitrogens with two attached hydrogens (primary N) is 1. The Hall–Kier alpha value is -4.16. The summed E-state index contributed by atoms with van der Waals surface area (Å²) in [5.41, 5.74) is 2.26. The number of aromatic nitrogens is 3. The fraction of sp³-hybridized carbons (Fsp3) is 0.130. The van der Waals surface area contributed by atoms with Gasteiger partial charge in [0.15, 0.2) is 0 Å². The number of nitrogens with zero attached hydrogens (tertiary/aromatic N) is 3. The van der Waals surface area contributed by atoms with Crippen LogP contribution in [0, 0.1) is 5.82 Å². The molecule has 2 heterocycles. The molecule has 4 aromatic rings. The molecular weight excluding hydrogens is 473 g/mol. The summed E-state index contributed by atoms with van der Waals surface area (Å²) in [6.07, 6.45) is 3.11. The van der Waals surface area contributed by atoms with E-state index in [-0.39, 0.29) is 16.8 Å². The number of amides is 1. The van der Waals surface area contributed by atoms with Crippen molar-refractivity contribution < 1.29 is 17.6 Å². The van der Waals surface area contributed by atoms with Gasteiger partial charge in [-0.15, -0.1) is 0 Å². The van der Waals surface area contributed by atoms with Gasteiger partial charge in [0.25, 0.3) is 0 Å². The van der Waals surface area contributed by atoms with E-state index >= 15 is 0 Å².